The lowest BCUT2D eigenvalue weighted by Crippen LogP contribution is -2.33. The van der Waals surface area contributed by atoms with Gasteiger partial charge >= 0.3 is 5.97 Å². The number of pyridine rings is 2. The summed E-state index contributed by atoms with van der Waals surface area (Å²) in [4.78, 5) is 35.6. The van der Waals surface area contributed by atoms with E-state index >= 15 is 0 Å². The van der Waals surface area contributed by atoms with Crippen LogP contribution in [0, 0.1) is 17.7 Å². The molecule has 0 amide bonds. The van der Waals surface area contributed by atoms with Crippen LogP contribution in [0.2, 0.25) is 0 Å². The summed E-state index contributed by atoms with van der Waals surface area (Å²) in [6.07, 6.45) is 8.68. The summed E-state index contributed by atoms with van der Waals surface area (Å²) in [5.41, 5.74) is 3.35. The summed E-state index contributed by atoms with van der Waals surface area (Å²) >= 11 is 1.50. The van der Waals surface area contributed by atoms with Crippen LogP contribution in [0.25, 0.3) is 20.8 Å². The third-order valence-corrected chi connectivity index (χ3v) is 9.02. The molecule has 0 spiro atoms. The van der Waals surface area contributed by atoms with Crippen molar-refractivity contribution in [1.29, 1.82) is 0 Å². The lowest BCUT2D eigenvalue weighted by Gasteiger charge is -2.31. The molecule has 0 radical (unpaired) electrons. The third-order valence-electron chi connectivity index (χ3n) is 7.86. The first-order valence-electron chi connectivity index (χ1n) is 14.2. The second-order valence-corrected chi connectivity index (χ2v) is 12.3. The standard InChI is InChI=1S/C32H32FN3O4S/c33-25-15-22(14-24(37)13-20-1-2-20)4-6-28(25)40-29-7-10-34-27-17-30(41-32(27)29)26-5-3-23(18-35-26)19-36-11-8-21(9-12-36)16-31(38)39/h3-7,10,15,17-18,20-21H,1-2,8-9,11-14,16,19H2,(H,38,39). The van der Waals surface area contributed by atoms with E-state index in [2.05, 4.69) is 16.0 Å². The fourth-order valence-corrected chi connectivity index (χ4v) is 6.48. The maximum Gasteiger partial charge on any atom is 0.303 e. The Hall–Kier alpha value is -3.69. The quantitative estimate of drug-likeness (QED) is 0.209. The number of halogens is 1. The number of aromatic nitrogens is 2. The van der Waals surface area contributed by atoms with Gasteiger partial charge in [-0.25, -0.2) is 4.39 Å². The number of Topliss-reactive ketones (excluding diaryl/α,β-unsaturated/α-hetero) is 1. The Bertz CT molecular complexity index is 1560. The molecule has 1 saturated heterocycles. The van der Waals surface area contributed by atoms with Gasteiger partial charge in [-0.1, -0.05) is 12.1 Å². The summed E-state index contributed by atoms with van der Waals surface area (Å²) in [5.74, 6) is 0.365. The predicted molar refractivity (Wildman–Crippen MR) is 156 cm³/mol. The third kappa shape index (κ3) is 6.97. The second-order valence-electron chi connectivity index (χ2n) is 11.2. The molecule has 0 bridgehead atoms. The molecule has 0 atom stereocenters. The number of benzene rings is 1. The van der Waals surface area contributed by atoms with Gasteiger partial charge < -0.3 is 9.84 Å². The zero-order valence-electron chi connectivity index (χ0n) is 22.7. The largest absolute Gasteiger partial charge is 0.481 e. The van der Waals surface area contributed by atoms with Crippen molar-refractivity contribution in [3.05, 3.63) is 71.8 Å². The fraction of sp³-hybridized carbons (Fsp3) is 0.375. The molecule has 4 aromatic rings. The monoisotopic (exact) mass is 573 g/mol. The summed E-state index contributed by atoms with van der Waals surface area (Å²) in [6, 6.07) is 12.5. The van der Waals surface area contributed by atoms with Gasteiger partial charge in [0.15, 0.2) is 11.6 Å². The van der Waals surface area contributed by atoms with Crippen LogP contribution in [0.3, 0.4) is 0 Å². The molecule has 9 heteroatoms. The number of aliphatic carboxylic acids is 1. The molecule has 4 heterocycles. The molecular weight excluding hydrogens is 541 g/mol. The van der Waals surface area contributed by atoms with Crippen molar-refractivity contribution >= 4 is 33.3 Å². The number of rotatable bonds is 11. The van der Waals surface area contributed by atoms with Crippen LogP contribution >= 0.6 is 11.3 Å². The van der Waals surface area contributed by atoms with E-state index in [1.54, 1.807) is 24.4 Å². The minimum atomic E-state index is -0.715. The molecule has 1 aliphatic heterocycles. The first kappa shape index (κ1) is 27.5. The van der Waals surface area contributed by atoms with Crippen molar-refractivity contribution in [2.45, 2.75) is 51.5 Å². The van der Waals surface area contributed by atoms with Crippen molar-refractivity contribution in [3.8, 4) is 22.1 Å². The molecule has 41 heavy (non-hydrogen) atoms. The smallest absolute Gasteiger partial charge is 0.303 e. The van der Waals surface area contributed by atoms with Gasteiger partial charge in [-0.3, -0.25) is 24.5 Å². The Labute approximate surface area is 242 Å². The average molecular weight is 574 g/mol. The fourth-order valence-electron chi connectivity index (χ4n) is 5.44. The van der Waals surface area contributed by atoms with E-state index in [9.17, 15) is 14.0 Å². The van der Waals surface area contributed by atoms with E-state index in [1.807, 2.05) is 18.3 Å². The molecule has 2 aliphatic rings. The Morgan fingerprint density at radius 1 is 0.951 bits per heavy atom. The average Bonchev–Trinajstić information content (AvgIpc) is 3.65. The highest BCUT2D eigenvalue weighted by Gasteiger charge is 2.24. The van der Waals surface area contributed by atoms with Gasteiger partial charge in [0.05, 0.1) is 20.8 Å². The van der Waals surface area contributed by atoms with Crippen LogP contribution in [0.1, 0.15) is 49.7 Å². The molecule has 1 aromatic carbocycles. The van der Waals surface area contributed by atoms with Gasteiger partial charge in [0.25, 0.3) is 0 Å². The van der Waals surface area contributed by atoms with Gasteiger partial charge in [0.1, 0.15) is 11.5 Å². The van der Waals surface area contributed by atoms with E-state index in [0.717, 1.165) is 71.7 Å². The molecule has 6 rings (SSSR count). The Kier molecular flexibility index (Phi) is 8.07. The number of carboxylic acids is 1. The van der Waals surface area contributed by atoms with E-state index < -0.39 is 11.8 Å². The van der Waals surface area contributed by atoms with Crippen LogP contribution in [0.5, 0.6) is 11.5 Å². The van der Waals surface area contributed by atoms with Gasteiger partial charge in [-0.15, -0.1) is 11.3 Å². The highest BCUT2D eigenvalue weighted by molar-refractivity contribution is 7.22. The molecule has 212 valence electrons. The number of carbonyl (C=O) groups excluding carboxylic acids is 1. The summed E-state index contributed by atoms with van der Waals surface area (Å²) < 4.78 is 21.7. The zero-order chi connectivity index (χ0) is 28.3. The molecule has 1 aliphatic carbocycles. The lowest BCUT2D eigenvalue weighted by atomic mass is 9.93. The topological polar surface area (TPSA) is 92.6 Å². The minimum Gasteiger partial charge on any atom is -0.481 e. The highest BCUT2D eigenvalue weighted by Crippen LogP contribution is 2.39. The number of thiophene rings is 1. The van der Waals surface area contributed by atoms with Gasteiger partial charge in [0.2, 0.25) is 0 Å². The van der Waals surface area contributed by atoms with E-state index in [1.165, 1.54) is 17.4 Å². The Morgan fingerprint density at radius 2 is 1.73 bits per heavy atom. The molecule has 1 N–H and O–H groups in total. The number of hydrogen-bond acceptors (Lipinski definition) is 7. The molecular formula is C32H32FN3O4S. The number of piperidine rings is 1. The number of carboxylic acid groups (broad SMARTS) is 1. The molecule has 1 saturated carbocycles. The van der Waals surface area contributed by atoms with Crippen LogP contribution in [0.15, 0.2) is 54.9 Å². The van der Waals surface area contributed by atoms with Crippen LogP contribution in [0.4, 0.5) is 4.39 Å². The number of ether oxygens (including phenoxy) is 1. The number of fused-ring (bicyclic) bond motifs is 1. The Balaban J connectivity index is 1.11. The van der Waals surface area contributed by atoms with Crippen LogP contribution in [-0.2, 0) is 22.6 Å². The van der Waals surface area contributed by atoms with Gasteiger partial charge in [0, 0.05) is 44.3 Å². The maximum absolute atomic E-state index is 14.9. The first-order chi connectivity index (χ1) is 19.9. The zero-order valence-corrected chi connectivity index (χ0v) is 23.5. The number of carbonyl (C=O) groups is 2. The van der Waals surface area contributed by atoms with Crippen molar-refractivity contribution in [2.24, 2.45) is 11.8 Å². The summed E-state index contributed by atoms with van der Waals surface area (Å²) in [6.45, 7) is 2.58. The predicted octanol–water partition coefficient (Wildman–Crippen LogP) is 6.89. The highest BCUT2D eigenvalue weighted by atomic mass is 32.1. The number of ketones is 1. The minimum absolute atomic E-state index is 0.111. The first-order valence-corrected chi connectivity index (χ1v) is 15.0. The maximum atomic E-state index is 14.9. The van der Waals surface area contributed by atoms with Crippen LogP contribution < -0.4 is 4.74 Å². The summed E-state index contributed by atoms with van der Waals surface area (Å²) in [5, 5.41) is 9.02. The Morgan fingerprint density at radius 3 is 2.44 bits per heavy atom. The van der Waals surface area contributed by atoms with E-state index in [4.69, 9.17) is 14.8 Å². The van der Waals surface area contributed by atoms with Crippen LogP contribution in [-0.4, -0.2) is 44.8 Å². The van der Waals surface area contributed by atoms with Gasteiger partial charge in [-0.2, -0.15) is 0 Å². The molecule has 2 fully saturated rings. The van der Waals surface area contributed by atoms with Crippen molar-refractivity contribution in [3.63, 3.8) is 0 Å². The molecule has 3 aromatic heterocycles. The normalized spacial score (nSPS) is 16.2. The van der Waals surface area contributed by atoms with Crippen molar-refractivity contribution in [1.82, 2.24) is 14.9 Å². The molecule has 0 unspecified atom stereocenters. The number of hydrogen-bond donors (Lipinski definition) is 1. The van der Waals surface area contributed by atoms with Crippen molar-refractivity contribution < 1.29 is 23.8 Å². The summed E-state index contributed by atoms with van der Waals surface area (Å²) in [7, 11) is 0. The van der Waals surface area contributed by atoms with Crippen molar-refractivity contribution in [2.75, 3.05) is 13.1 Å². The SMILES string of the molecule is O=C(O)CC1CCN(Cc2ccc(-c3cc4nccc(Oc5ccc(CC(=O)CC6CC6)cc5F)c4s3)nc2)CC1. The van der Waals surface area contributed by atoms with E-state index in [0.29, 0.717) is 23.7 Å². The lowest BCUT2D eigenvalue weighted by molar-refractivity contribution is -0.138. The number of nitrogens with zero attached hydrogens (tertiary/aromatic N) is 3. The number of likely N-dealkylation sites (tertiary alicyclic amines) is 1. The molecule has 7 nitrogen and oxygen atoms in total. The van der Waals surface area contributed by atoms with E-state index in [-0.39, 0.29) is 30.3 Å². The van der Waals surface area contributed by atoms with Gasteiger partial charge in [-0.05, 0) is 86.0 Å². The second kappa shape index (κ2) is 12.0.